The summed E-state index contributed by atoms with van der Waals surface area (Å²) in [6.45, 7) is 8.01. The minimum Gasteiger partial charge on any atom is -0.373 e. The first-order valence-electron chi connectivity index (χ1n) is 9.41. The van der Waals surface area contributed by atoms with Crippen LogP contribution in [-0.2, 0) is 14.8 Å². The zero-order chi connectivity index (χ0) is 21.3. The number of nitrogens with one attached hydrogen (secondary N) is 1. The average Bonchev–Trinajstić information content (AvgIpc) is 2.63. The molecule has 0 unspecified atom stereocenters. The molecule has 1 aliphatic rings. The molecule has 0 aromatic heterocycles. The Hall–Kier alpha value is -1.93. The molecule has 2 aromatic carbocycles. The van der Waals surface area contributed by atoms with Gasteiger partial charge in [0.05, 0.1) is 17.2 Å². The second kappa shape index (κ2) is 8.44. The lowest BCUT2D eigenvalue weighted by Crippen LogP contribution is -2.48. The summed E-state index contributed by atoms with van der Waals surface area (Å²) in [6.07, 6.45) is -0.438. The molecule has 0 radical (unpaired) electrons. The van der Waals surface area contributed by atoms with Crippen LogP contribution < -0.4 is 5.32 Å². The Morgan fingerprint density at radius 1 is 1.10 bits per heavy atom. The van der Waals surface area contributed by atoms with Crippen molar-refractivity contribution in [1.29, 1.82) is 0 Å². The van der Waals surface area contributed by atoms with Gasteiger partial charge in [-0.05, 0) is 57.5 Å². The SMILES string of the molecule is Cc1ccc(NC(=O)c2ccc(Cl)c(S(=O)(=O)N3C[C@H](C)O[C@@H](C)C3)c2)c(C)c1. The molecule has 1 aliphatic heterocycles. The molecule has 6 nitrogen and oxygen atoms in total. The van der Waals surface area contributed by atoms with E-state index in [-0.39, 0.29) is 40.8 Å². The summed E-state index contributed by atoms with van der Waals surface area (Å²) in [5.41, 5.74) is 2.92. The summed E-state index contributed by atoms with van der Waals surface area (Å²) >= 11 is 6.21. The Morgan fingerprint density at radius 2 is 1.76 bits per heavy atom. The standard InChI is InChI=1S/C21H25ClN2O4S/c1-13-5-8-19(14(2)9-13)23-21(25)17-6-7-18(22)20(10-17)29(26,27)24-11-15(3)28-16(4)12-24/h5-10,15-16H,11-12H2,1-4H3,(H,23,25)/t15-,16-/m0/s1. The van der Waals surface area contributed by atoms with Crippen molar-refractivity contribution in [2.45, 2.75) is 44.8 Å². The van der Waals surface area contributed by atoms with Crippen LogP contribution in [0, 0.1) is 13.8 Å². The number of hydrogen-bond acceptors (Lipinski definition) is 4. The van der Waals surface area contributed by atoms with Crippen LogP contribution in [-0.4, -0.2) is 43.9 Å². The molecule has 156 valence electrons. The Bertz CT molecular complexity index is 1030. The molecule has 1 fully saturated rings. The fourth-order valence-corrected chi connectivity index (χ4v) is 5.55. The largest absolute Gasteiger partial charge is 0.373 e. The molecule has 0 spiro atoms. The van der Waals surface area contributed by atoms with Gasteiger partial charge in [0.25, 0.3) is 5.91 Å². The summed E-state index contributed by atoms with van der Waals surface area (Å²) in [5.74, 6) is -0.395. The zero-order valence-electron chi connectivity index (χ0n) is 16.9. The van der Waals surface area contributed by atoms with Gasteiger partial charge in [0, 0.05) is 24.3 Å². The molecule has 1 saturated heterocycles. The smallest absolute Gasteiger partial charge is 0.255 e. The van der Waals surface area contributed by atoms with Gasteiger partial charge >= 0.3 is 0 Å². The highest BCUT2D eigenvalue weighted by atomic mass is 35.5. The lowest BCUT2D eigenvalue weighted by Gasteiger charge is -2.34. The summed E-state index contributed by atoms with van der Waals surface area (Å²) in [6, 6.07) is 9.99. The molecule has 2 atom stereocenters. The van der Waals surface area contributed by atoms with E-state index in [2.05, 4.69) is 5.32 Å². The average molecular weight is 437 g/mol. The molecule has 2 aromatic rings. The van der Waals surface area contributed by atoms with Crippen molar-refractivity contribution >= 4 is 33.2 Å². The first-order valence-corrected chi connectivity index (χ1v) is 11.2. The number of carbonyl (C=O) groups is 1. The highest BCUT2D eigenvalue weighted by Crippen LogP contribution is 2.28. The van der Waals surface area contributed by atoms with Crippen molar-refractivity contribution < 1.29 is 17.9 Å². The van der Waals surface area contributed by atoms with Gasteiger partial charge in [-0.15, -0.1) is 0 Å². The first-order chi connectivity index (χ1) is 13.6. The topological polar surface area (TPSA) is 75.7 Å². The summed E-state index contributed by atoms with van der Waals surface area (Å²) < 4.78 is 33.3. The molecule has 1 N–H and O–H groups in total. The number of halogens is 1. The summed E-state index contributed by atoms with van der Waals surface area (Å²) in [7, 11) is -3.86. The maximum absolute atomic E-state index is 13.2. The third kappa shape index (κ3) is 4.80. The molecule has 3 rings (SSSR count). The van der Waals surface area contributed by atoms with Gasteiger partial charge in [-0.1, -0.05) is 29.3 Å². The van der Waals surface area contributed by atoms with E-state index in [4.69, 9.17) is 16.3 Å². The number of amides is 1. The third-order valence-corrected chi connectivity index (χ3v) is 7.14. The van der Waals surface area contributed by atoms with E-state index in [0.29, 0.717) is 5.69 Å². The van der Waals surface area contributed by atoms with Crippen LogP contribution >= 0.6 is 11.6 Å². The van der Waals surface area contributed by atoms with E-state index >= 15 is 0 Å². The molecule has 1 heterocycles. The Balaban J connectivity index is 1.90. The highest BCUT2D eigenvalue weighted by molar-refractivity contribution is 7.89. The van der Waals surface area contributed by atoms with Crippen molar-refractivity contribution in [2.24, 2.45) is 0 Å². The Morgan fingerprint density at radius 3 is 2.38 bits per heavy atom. The van der Waals surface area contributed by atoms with Crippen LogP contribution in [0.4, 0.5) is 5.69 Å². The normalized spacial score (nSPS) is 20.4. The number of rotatable bonds is 4. The van der Waals surface area contributed by atoms with Crippen LogP contribution in [0.2, 0.25) is 5.02 Å². The molecule has 1 amide bonds. The molecule has 29 heavy (non-hydrogen) atoms. The van der Waals surface area contributed by atoms with Gasteiger partial charge in [0.1, 0.15) is 4.90 Å². The van der Waals surface area contributed by atoms with Crippen LogP contribution in [0.15, 0.2) is 41.3 Å². The number of sulfonamides is 1. The zero-order valence-corrected chi connectivity index (χ0v) is 18.5. The Labute approximate surface area is 176 Å². The van der Waals surface area contributed by atoms with E-state index in [0.717, 1.165) is 11.1 Å². The van der Waals surface area contributed by atoms with E-state index < -0.39 is 15.9 Å². The van der Waals surface area contributed by atoms with Crippen molar-refractivity contribution in [3.63, 3.8) is 0 Å². The van der Waals surface area contributed by atoms with Crippen molar-refractivity contribution in [1.82, 2.24) is 4.31 Å². The second-order valence-corrected chi connectivity index (χ2v) is 9.81. The highest BCUT2D eigenvalue weighted by Gasteiger charge is 2.33. The van der Waals surface area contributed by atoms with Gasteiger partial charge in [-0.25, -0.2) is 8.42 Å². The number of ether oxygens (including phenoxy) is 1. The van der Waals surface area contributed by atoms with E-state index in [1.165, 1.54) is 22.5 Å². The maximum atomic E-state index is 13.2. The molecular formula is C21H25ClN2O4S. The lowest BCUT2D eigenvalue weighted by molar-refractivity contribution is -0.0440. The van der Waals surface area contributed by atoms with E-state index in [1.807, 2.05) is 45.9 Å². The number of hydrogen-bond donors (Lipinski definition) is 1. The maximum Gasteiger partial charge on any atom is 0.255 e. The van der Waals surface area contributed by atoms with Crippen molar-refractivity contribution in [3.05, 3.63) is 58.1 Å². The van der Waals surface area contributed by atoms with E-state index in [1.54, 1.807) is 0 Å². The minimum absolute atomic E-state index is 0.0752. The second-order valence-electron chi connectivity index (χ2n) is 7.50. The third-order valence-electron chi connectivity index (χ3n) is 4.83. The predicted octanol–water partition coefficient (Wildman–Crippen LogP) is 4.01. The summed E-state index contributed by atoms with van der Waals surface area (Å²) in [4.78, 5) is 12.7. The summed E-state index contributed by atoms with van der Waals surface area (Å²) in [5, 5.41) is 2.92. The Kier molecular flexibility index (Phi) is 6.33. The van der Waals surface area contributed by atoms with Gasteiger partial charge in [-0.3, -0.25) is 4.79 Å². The molecule has 0 aliphatic carbocycles. The number of benzene rings is 2. The van der Waals surface area contributed by atoms with Crippen molar-refractivity contribution in [2.75, 3.05) is 18.4 Å². The fourth-order valence-electron chi connectivity index (χ4n) is 3.46. The monoisotopic (exact) mass is 436 g/mol. The van der Waals surface area contributed by atoms with Crippen LogP contribution in [0.1, 0.15) is 35.3 Å². The quantitative estimate of drug-likeness (QED) is 0.785. The molecular weight excluding hydrogens is 412 g/mol. The number of nitrogens with zero attached hydrogens (tertiary/aromatic N) is 1. The number of anilines is 1. The number of carbonyl (C=O) groups excluding carboxylic acids is 1. The fraction of sp³-hybridized carbons (Fsp3) is 0.381. The van der Waals surface area contributed by atoms with Gasteiger partial charge in [0.15, 0.2) is 0 Å². The molecule has 0 saturated carbocycles. The molecule has 8 heteroatoms. The van der Waals surface area contributed by atoms with Crippen LogP contribution in [0.25, 0.3) is 0 Å². The van der Waals surface area contributed by atoms with Crippen molar-refractivity contribution in [3.8, 4) is 0 Å². The van der Waals surface area contributed by atoms with E-state index in [9.17, 15) is 13.2 Å². The molecule has 0 bridgehead atoms. The lowest BCUT2D eigenvalue weighted by atomic mass is 10.1. The van der Waals surface area contributed by atoms with Gasteiger partial charge < -0.3 is 10.1 Å². The van der Waals surface area contributed by atoms with Crippen LogP contribution in [0.3, 0.4) is 0 Å². The minimum atomic E-state index is -3.86. The van der Waals surface area contributed by atoms with Crippen LogP contribution in [0.5, 0.6) is 0 Å². The van der Waals surface area contributed by atoms with Gasteiger partial charge in [-0.2, -0.15) is 4.31 Å². The van der Waals surface area contributed by atoms with Gasteiger partial charge in [0.2, 0.25) is 10.0 Å². The number of aryl methyl sites for hydroxylation is 2. The first kappa shape index (κ1) is 21.8. The predicted molar refractivity (Wildman–Crippen MR) is 114 cm³/mol. The number of morpholine rings is 1.